The van der Waals surface area contributed by atoms with Crippen molar-refractivity contribution in [1.82, 2.24) is 4.90 Å². The standard InChI is InChI=1S/C21H27NO4/c1-14-4-3-9-22(11-14)12-15(23)13-25-16-7-8-18-17-5-2-6-19(17)21(24)26-20(18)10-16/h7-8,10,14-15,23H,2-6,9,11-13H2,1H3/t14-,15-/m0/s1. The van der Waals surface area contributed by atoms with Crippen molar-refractivity contribution in [1.29, 1.82) is 0 Å². The Bertz CT molecular complexity index is 844. The molecule has 1 saturated heterocycles. The van der Waals surface area contributed by atoms with E-state index in [0.29, 0.717) is 23.8 Å². The minimum atomic E-state index is -0.525. The van der Waals surface area contributed by atoms with Crippen LogP contribution in [0.15, 0.2) is 27.4 Å². The zero-order valence-corrected chi connectivity index (χ0v) is 15.4. The van der Waals surface area contributed by atoms with E-state index in [0.717, 1.165) is 48.9 Å². The molecule has 2 atom stereocenters. The van der Waals surface area contributed by atoms with Crippen LogP contribution in [-0.4, -0.2) is 42.4 Å². The predicted octanol–water partition coefficient (Wildman–Crippen LogP) is 2.75. The second-order valence-corrected chi connectivity index (χ2v) is 7.83. The molecule has 1 N–H and O–H groups in total. The highest BCUT2D eigenvalue weighted by Gasteiger charge is 2.21. The summed E-state index contributed by atoms with van der Waals surface area (Å²) in [7, 11) is 0. The second-order valence-electron chi connectivity index (χ2n) is 7.83. The summed E-state index contributed by atoms with van der Waals surface area (Å²) in [6, 6.07) is 5.64. The first-order valence-electron chi connectivity index (χ1n) is 9.72. The van der Waals surface area contributed by atoms with Gasteiger partial charge in [0.1, 0.15) is 24.0 Å². The molecule has 1 aromatic heterocycles. The number of aryl methyl sites for hydroxylation is 1. The Morgan fingerprint density at radius 2 is 2.15 bits per heavy atom. The predicted molar refractivity (Wildman–Crippen MR) is 101 cm³/mol. The molecule has 0 bridgehead atoms. The molecule has 26 heavy (non-hydrogen) atoms. The Labute approximate surface area is 153 Å². The van der Waals surface area contributed by atoms with Gasteiger partial charge in [0.25, 0.3) is 0 Å². The Kier molecular flexibility index (Phi) is 5.00. The third-order valence-corrected chi connectivity index (χ3v) is 5.60. The maximum atomic E-state index is 12.1. The highest BCUT2D eigenvalue weighted by Crippen LogP contribution is 2.29. The van der Waals surface area contributed by atoms with Crippen molar-refractivity contribution in [3.8, 4) is 5.75 Å². The fourth-order valence-corrected chi connectivity index (χ4v) is 4.35. The van der Waals surface area contributed by atoms with Crippen LogP contribution in [0.5, 0.6) is 5.75 Å². The molecular weight excluding hydrogens is 330 g/mol. The molecule has 1 aromatic carbocycles. The van der Waals surface area contributed by atoms with E-state index in [4.69, 9.17) is 9.15 Å². The van der Waals surface area contributed by atoms with E-state index < -0.39 is 6.10 Å². The van der Waals surface area contributed by atoms with Gasteiger partial charge >= 0.3 is 5.63 Å². The largest absolute Gasteiger partial charge is 0.491 e. The molecule has 1 aliphatic heterocycles. The van der Waals surface area contributed by atoms with Crippen LogP contribution in [0.2, 0.25) is 0 Å². The fourth-order valence-electron chi connectivity index (χ4n) is 4.35. The van der Waals surface area contributed by atoms with Crippen LogP contribution < -0.4 is 10.4 Å². The molecule has 0 unspecified atom stereocenters. The van der Waals surface area contributed by atoms with Crippen molar-refractivity contribution in [3.05, 3.63) is 39.7 Å². The number of benzene rings is 1. The number of piperidine rings is 1. The van der Waals surface area contributed by atoms with Crippen LogP contribution in [0.3, 0.4) is 0 Å². The van der Waals surface area contributed by atoms with E-state index >= 15 is 0 Å². The molecule has 0 amide bonds. The lowest BCUT2D eigenvalue weighted by Crippen LogP contribution is -2.41. The average molecular weight is 357 g/mol. The van der Waals surface area contributed by atoms with E-state index in [1.807, 2.05) is 12.1 Å². The lowest BCUT2D eigenvalue weighted by molar-refractivity contribution is 0.0537. The SMILES string of the molecule is C[C@H]1CCCN(C[C@H](O)COc2ccc3c4c(c(=O)oc3c2)CCC4)C1. The van der Waals surface area contributed by atoms with Gasteiger partial charge in [0.05, 0.1) is 0 Å². The van der Waals surface area contributed by atoms with Gasteiger partial charge in [-0.25, -0.2) is 4.79 Å². The highest BCUT2D eigenvalue weighted by atomic mass is 16.5. The smallest absolute Gasteiger partial charge is 0.339 e. The lowest BCUT2D eigenvalue weighted by Gasteiger charge is -2.32. The van der Waals surface area contributed by atoms with Crippen LogP contribution in [0.4, 0.5) is 0 Å². The number of rotatable bonds is 5. The van der Waals surface area contributed by atoms with Crippen LogP contribution >= 0.6 is 0 Å². The maximum absolute atomic E-state index is 12.1. The number of hydrogen-bond acceptors (Lipinski definition) is 5. The molecule has 2 aromatic rings. The molecule has 0 saturated carbocycles. The number of likely N-dealkylation sites (tertiary alicyclic amines) is 1. The second kappa shape index (κ2) is 7.41. The third kappa shape index (κ3) is 3.64. The molecule has 2 heterocycles. The topological polar surface area (TPSA) is 62.9 Å². The molecule has 1 aliphatic carbocycles. The summed E-state index contributed by atoms with van der Waals surface area (Å²) in [6.07, 6.45) is 4.71. The molecule has 140 valence electrons. The minimum absolute atomic E-state index is 0.221. The van der Waals surface area contributed by atoms with Gasteiger partial charge in [-0.2, -0.15) is 0 Å². The monoisotopic (exact) mass is 357 g/mol. The van der Waals surface area contributed by atoms with Crippen molar-refractivity contribution in [2.75, 3.05) is 26.2 Å². The lowest BCUT2D eigenvalue weighted by atomic mass is 10.0. The first-order chi connectivity index (χ1) is 12.6. The van der Waals surface area contributed by atoms with Gasteiger partial charge in [-0.1, -0.05) is 6.92 Å². The van der Waals surface area contributed by atoms with Crippen LogP contribution in [-0.2, 0) is 12.8 Å². The molecule has 5 heteroatoms. The zero-order chi connectivity index (χ0) is 18.1. The minimum Gasteiger partial charge on any atom is -0.491 e. The van der Waals surface area contributed by atoms with Crippen molar-refractivity contribution in [2.45, 2.75) is 45.1 Å². The molecule has 0 radical (unpaired) electrons. The van der Waals surface area contributed by atoms with E-state index in [-0.39, 0.29) is 12.2 Å². The molecule has 2 aliphatic rings. The number of aliphatic hydroxyl groups excluding tert-OH is 1. The van der Waals surface area contributed by atoms with Gasteiger partial charge < -0.3 is 19.2 Å². The van der Waals surface area contributed by atoms with E-state index in [2.05, 4.69) is 11.8 Å². The van der Waals surface area contributed by atoms with E-state index in [1.54, 1.807) is 6.07 Å². The summed E-state index contributed by atoms with van der Waals surface area (Å²) < 4.78 is 11.2. The van der Waals surface area contributed by atoms with Gasteiger partial charge in [0.15, 0.2) is 0 Å². The summed E-state index contributed by atoms with van der Waals surface area (Å²) in [5, 5.41) is 11.3. The Morgan fingerprint density at radius 1 is 1.31 bits per heavy atom. The first kappa shape index (κ1) is 17.6. The molecule has 1 fully saturated rings. The summed E-state index contributed by atoms with van der Waals surface area (Å²) in [6.45, 7) is 5.23. The number of hydrogen-bond donors (Lipinski definition) is 1. The number of fused-ring (bicyclic) bond motifs is 3. The van der Waals surface area contributed by atoms with E-state index in [9.17, 15) is 9.90 Å². The third-order valence-electron chi connectivity index (χ3n) is 5.60. The fraction of sp³-hybridized carbons (Fsp3) is 0.571. The van der Waals surface area contributed by atoms with Gasteiger partial charge in [-0.15, -0.1) is 0 Å². The number of ether oxygens (including phenoxy) is 1. The summed E-state index contributed by atoms with van der Waals surface area (Å²) in [4.78, 5) is 14.4. The number of aliphatic hydroxyl groups is 1. The van der Waals surface area contributed by atoms with Gasteiger partial charge in [-0.3, -0.25) is 0 Å². The van der Waals surface area contributed by atoms with Crippen molar-refractivity contribution < 1.29 is 14.3 Å². The summed E-state index contributed by atoms with van der Waals surface area (Å²) >= 11 is 0. The Morgan fingerprint density at radius 3 is 3.00 bits per heavy atom. The Balaban J connectivity index is 1.41. The van der Waals surface area contributed by atoms with Gasteiger partial charge in [0.2, 0.25) is 0 Å². The summed E-state index contributed by atoms with van der Waals surface area (Å²) in [5.41, 5.74) is 2.31. The van der Waals surface area contributed by atoms with Gasteiger partial charge in [-0.05, 0) is 62.3 Å². The highest BCUT2D eigenvalue weighted by molar-refractivity contribution is 5.83. The van der Waals surface area contributed by atoms with Crippen molar-refractivity contribution in [2.24, 2.45) is 5.92 Å². The van der Waals surface area contributed by atoms with Gasteiger partial charge in [0, 0.05) is 30.1 Å². The Hall–Kier alpha value is -1.85. The molecule has 4 rings (SSSR count). The molecule has 5 nitrogen and oxygen atoms in total. The van der Waals surface area contributed by atoms with Crippen LogP contribution in [0, 0.1) is 5.92 Å². The quantitative estimate of drug-likeness (QED) is 0.834. The molecular formula is C21H27NO4. The number of β-amino-alcohol motifs (C(OH)–C–C–N with tert-alkyl or cyclic N) is 1. The normalized spacial score (nSPS) is 21.7. The average Bonchev–Trinajstić information content (AvgIpc) is 3.10. The zero-order valence-electron chi connectivity index (χ0n) is 15.4. The summed E-state index contributed by atoms with van der Waals surface area (Å²) in [5.74, 6) is 1.33. The van der Waals surface area contributed by atoms with E-state index in [1.165, 1.54) is 12.8 Å². The van der Waals surface area contributed by atoms with Crippen LogP contribution in [0.25, 0.3) is 11.0 Å². The maximum Gasteiger partial charge on any atom is 0.339 e. The van der Waals surface area contributed by atoms with Crippen LogP contribution in [0.1, 0.15) is 37.3 Å². The molecule has 0 spiro atoms. The van der Waals surface area contributed by atoms with Crippen molar-refractivity contribution >= 4 is 11.0 Å². The number of nitrogens with zero attached hydrogens (tertiary/aromatic N) is 1. The first-order valence-corrected chi connectivity index (χ1v) is 9.72. The van der Waals surface area contributed by atoms with Crippen molar-refractivity contribution in [3.63, 3.8) is 0 Å².